The Morgan fingerprint density at radius 3 is 2.36 bits per heavy atom. The molecule has 0 aliphatic carbocycles. The standard InChI is InChI=1S/C25H20N2O6/c1-32-18-7-5-6-17(14-18)22(28)20-21(15-9-11-16(12-10-15)25(31)33-2)27(24(30)23(20)29)19-8-3-4-13-26-19/h3-14,21,28H,1-2H3/b22-20+. The van der Waals surface area contributed by atoms with Crippen LogP contribution in [0.1, 0.15) is 27.5 Å². The molecule has 8 heteroatoms. The number of rotatable bonds is 5. The third-order valence-corrected chi connectivity index (χ3v) is 5.33. The number of carbonyl (C=O) groups is 3. The Morgan fingerprint density at radius 2 is 1.73 bits per heavy atom. The zero-order valence-electron chi connectivity index (χ0n) is 17.9. The highest BCUT2D eigenvalue weighted by atomic mass is 16.5. The van der Waals surface area contributed by atoms with E-state index in [0.717, 1.165) is 0 Å². The lowest BCUT2D eigenvalue weighted by Gasteiger charge is -2.24. The van der Waals surface area contributed by atoms with Gasteiger partial charge in [0.2, 0.25) is 0 Å². The fourth-order valence-electron chi connectivity index (χ4n) is 3.73. The number of nitrogens with zero attached hydrogens (tertiary/aromatic N) is 2. The van der Waals surface area contributed by atoms with Crippen molar-refractivity contribution in [2.45, 2.75) is 6.04 Å². The van der Waals surface area contributed by atoms with Crippen molar-refractivity contribution in [1.29, 1.82) is 0 Å². The maximum Gasteiger partial charge on any atom is 0.337 e. The molecular formula is C25H20N2O6. The van der Waals surface area contributed by atoms with Crippen molar-refractivity contribution in [1.82, 2.24) is 4.98 Å². The number of anilines is 1. The van der Waals surface area contributed by atoms with Crippen LogP contribution in [0.5, 0.6) is 5.75 Å². The smallest absolute Gasteiger partial charge is 0.337 e. The van der Waals surface area contributed by atoms with Crippen LogP contribution in [0.2, 0.25) is 0 Å². The second-order valence-corrected chi connectivity index (χ2v) is 7.20. The van der Waals surface area contributed by atoms with Crippen LogP contribution in [-0.4, -0.2) is 42.0 Å². The molecule has 1 amide bonds. The Bertz CT molecular complexity index is 1250. The lowest BCUT2D eigenvalue weighted by molar-refractivity contribution is -0.132. The predicted octanol–water partition coefficient (Wildman–Crippen LogP) is 3.50. The quantitative estimate of drug-likeness (QED) is 0.278. The summed E-state index contributed by atoms with van der Waals surface area (Å²) in [5, 5.41) is 11.1. The fourth-order valence-corrected chi connectivity index (χ4v) is 3.73. The zero-order valence-corrected chi connectivity index (χ0v) is 17.9. The van der Waals surface area contributed by atoms with E-state index < -0.39 is 23.7 Å². The summed E-state index contributed by atoms with van der Waals surface area (Å²) in [6, 6.07) is 16.9. The Morgan fingerprint density at radius 1 is 0.970 bits per heavy atom. The average Bonchev–Trinajstić information content (AvgIpc) is 3.14. The van der Waals surface area contributed by atoms with Gasteiger partial charge >= 0.3 is 11.9 Å². The lowest BCUT2D eigenvalue weighted by atomic mass is 9.94. The van der Waals surface area contributed by atoms with E-state index in [4.69, 9.17) is 9.47 Å². The number of pyridine rings is 1. The number of hydrogen-bond acceptors (Lipinski definition) is 7. The first kappa shape index (κ1) is 21.8. The number of Topliss-reactive ketones (excluding diaryl/α,β-unsaturated/α-hetero) is 1. The van der Waals surface area contributed by atoms with Gasteiger partial charge in [-0.2, -0.15) is 0 Å². The number of hydrogen-bond donors (Lipinski definition) is 1. The number of methoxy groups -OCH3 is 2. The van der Waals surface area contributed by atoms with Crippen LogP contribution >= 0.6 is 0 Å². The van der Waals surface area contributed by atoms with E-state index in [1.807, 2.05) is 0 Å². The Hall–Kier alpha value is -4.46. The summed E-state index contributed by atoms with van der Waals surface area (Å²) in [4.78, 5) is 43.5. The van der Waals surface area contributed by atoms with Gasteiger partial charge < -0.3 is 14.6 Å². The molecular weight excluding hydrogens is 424 g/mol. The van der Waals surface area contributed by atoms with Crippen molar-refractivity contribution >= 4 is 29.2 Å². The number of ether oxygens (including phenoxy) is 2. The minimum Gasteiger partial charge on any atom is -0.507 e. The molecule has 1 N–H and O–H groups in total. The molecule has 2 aromatic carbocycles. The molecule has 33 heavy (non-hydrogen) atoms. The summed E-state index contributed by atoms with van der Waals surface area (Å²) in [5.41, 5.74) is 1.05. The largest absolute Gasteiger partial charge is 0.507 e. The molecule has 8 nitrogen and oxygen atoms in total. The average molecular weight is 444 g/mol. The highest BCUT2D eigenvalue weighted by Crippen LogP contribution is 2.41. The molecule has 1 fully saturated rings. The number of amides is 1. The maximum absolute atomic E-state index is 13.1. The topological polar surface area (TPSA) is 106 Å². The van der Waals surface area contributed by atoms with Gasteiger partial charge in [-0.3, -0.25) is 14.5 Å². The Balaban J connectivity index is 1.91. The molecule has 1 unspecified atom stereocenters. The Labute approximate surface area is 189 Å². The van der Waals surface area contributed by atoms with E-state index in [0.29, 0.717) is 22.4 Å². The number of aliphatic hydroxyl groups is 1. The van der Waals surface area contributed by atoms with Gasteiger partial charge in [0, 0.05) is 11.8 Å². The predicted molar refractivity (Wildman–Crippen MR) is 120 cm³/mol. The number of esters is 1. The van der Waals surface area contributed by atoms with Crippen LogP contribution in [0.15, 0.2) is 78.5 Å². The first-order chi connectivity index (χ1) is 16.0. The molecule has 166 valence electrons. The van der Waals surface area contributed by atoms with Gasteiger partial charge in [0.1, 0.15) is 17.3 Å². The summed E-state index contributed by atoms with van der Waals surface area (Å²) in [6.45, 7) is 0. The molecule has 1 aliphatic rings. The van der Waals surface area contributed by atoms with Crippen molar-refractivity contribution in [2.24, 2.45) is 0 Å². The maximum atomic E-state index is 13.1. The number of aromatic nitrogens is 1. The summed E-state index contributed by atoms with van der Waals surface area (Å²) < 4.78 is 9.95. The van der Waals surface area contributed by atoms with Crippen molar-refractivity contribution in [3.63, 3.8) is 0 Å². The third-order valence-electron chi connectivity index (χ3n) is 5.33. The molecule has 0 spiro atoms. The first-order valence-corrected chi connectivity index (χ1v) is 10.0. The Kier molecular flexibility index (Phi) is 5.91. The fraction of sp³-hybridized carbons (Fsp3) is 0.120. The third kappa shape index (κ3) is 3.94. The molecule has 2 heterocycles. The number of carbonyl (C=O) groups excluding carboxylic acids is 3. The SMILES string of the molecule is COC(=O)c1ccc(C2/C(=C(\O)c3cccc(OC)c3)C(=O)C(=O)N2c2ccccn2)cc1. The monoisotopic (exact) mass is 444 g/mol. The van der Waals surface area contributed by atoms with E-state index >= 15 is 0 Å². The van der Waals surface area contributed by atoms with E-state index in [9.17, 15) is 19.5 Å². The summed E-state index contributed by atoms with van der Waals surface area (Å²) >= 11 is 0. The molecule has 0 bridgehead atoms. The lowest BCUT2D eigenvalue weighted by Crippen LogP contribution is -2.30. The van der Waals surface area contributed by atoms with Crippen molar-refractivity contribution in [2.75, 3.05) is 19.1 Å². The highest BCUT2D eigenvalue weighted by Gasteiger charge is 2.47. The van der Waals surface area contributed by atoms with Gasteiger partial charge in [0.15, 0.2) is 0 Å². The normalized spacial score (nSPS) is 17.2. The second-order valence-electron chi connectivity index (χ2n) is 7.20. The van der Waals surface area contributed by atoms with Gasteiger partial charge in [0.25, 0.3) is 5.78 Å². The van der Waals surface area contributed by atoms with Crippen molar-refractivity contribution in [3.05, 3.63) is 95.2 Å². The van der Waals surface area contributed by atoms with Crippen LogP contribution in [0.3, 0.4) is 0 Å². The highest BCUT2D eigenvalue weighted by molar-refractivity contribution is 6.51. The molecule has 1 aromatic heterocycles. The van der Waals surface area contributed by atoms with Gasteiger partial charge in [-0.05, 0) is 42.0 Å². The second kappa shape index (κ2) is 8.96. The van der Waals surface area contributed by atoms with E-state index in [1.165, 1.54) is 37.4 Å². The van der Waals surface area contributed by atoms with Crippen molar-refractivity contribution in [3.8, 4) is 5.75 Å². The minimum atomic E-state index is -0.960. The summed E-state index contributed by atoms with van der Waals surface area (Å²) in [7, 11) is 2.77. The van der Waals surface area contributed by atoms with Gasteiger partial charge in [-0.25, -0.2) is 9.78 Å². The zero-order chi connectivity index (χ0) is 23.5. The molecule has 1 saturated heterocycles. The van der Waals surface area contributed by atoms with Gasteiger partial charge in [0.05, 0.1) is 31.4 Å². The van der Waals surface area contributed by atoms with Crippen LogP contribution in [0.4, 0.5) is 5.82 Å². The van der Waals surface area contributed by atoms with E-state index in [-0.39, 0.29) is 17.2 Å². The van der Waals surface area contributed by atoms with E-state index in [2.05, 4.69) is 4.98 Å². The first-order valence-electron chi connectivity index (χ1n) is 10.0. The molecule has 1 atom stereocenters. The van der Waals surface area contributed by atoms with Crippen LogP contribution in [0, 0.1) is 0 Å². The summed E-state index contributed by atoms with van der Waals surface area (Å²) in [5.74, 6) is -1.78. The molecule has 4 rings (SSSR count). The molecule has 1 aliphatic heterocycles. The van der Waals surface area contributed by atoms with Crippen molar-refractivity contribution < 1.29 is 29.0 Å². The minimum absolute atomic E-state index is 0.0928. The summed E-state index contributed by atoms with van der Waals surface area (Å²) in [6.07, 6.45) is 1.51. The van der Waals surface area contributed by atoms with Crippen LogP contribution < -0.4 is 9.64 Å². The number of aliphatic hydroxyl groups excluding tert-OH is 1. The van der Waals surface area contributed by atoms with Crippen LogP contribution in [-0.2, 0) is 14.3 Å². The number of benzene rings is 2. The molecule has 0 radical (unpaired) electrons. The van der Waals surface area contributed by atoms with Gasteiger partial charge in [-0.1, -0.05) is 30.3 Å². The van der Waals surface area contributed by atoms with Gasteiger partial charge in [-0.15, -0.1) is 0 Å². The van der Waals surface area contributed by atoms with Crippen LogP contribution in [0.25, 0.3) is 5.76 Å². The molecule has 0 saturated carbocycles. The molecule has 3 aromatic rings. The van der Waals surface area contributed by atoms with E-state index in [1.54, 1.807) is 54.6 Å². The number of ketones is 1.